The predicted molar refractivity (Wildman–Crippen MR) is 119 cm³/mol. The third kappa shape index (κ3) is 11.4. The van der Waals surface area contributed by atoms with Gasteiger partial charge in [-0.25, -0.2) is 0 Å². The van der Waals surface area contributed by atoms with Gasteiger partial charge in [-0.15, -0.1) is 24.0 Å². The molecule has 2 N–H and O–H groups in total. The van der Waals surface area contributed by atoms with Crippen LogP contribution >= 0.6 is 24.0 Å². The van der Waals surface area contributed by atoms with Crippen LogP contribution in [0.1, 0.15) is 56.6 Å². The van der Waals surface area contributed by atoms with Crippen LogP contribution in [-0.4, -0.2) is 39.8 Å². The molecule has 0 spiro atoms. The first-order valence-electron chi connectivity index (χ1n) is 9.19. The highest BCUT2D eigenvalue weighted by Gasteiger charge is 2.00. The molecule has 0 heterocycles. The van der Waals surface area contributed by atoms with Crippen molar-refractivity contribution in [2.75, 3.05) is 33.9 Å². The summed E-state index contributed by atoms with van der Waals surface area (Å²) in [6.45, 7) is 7.21. The maximum atomic E-state index is 5.05. The van der Waals surface area contributed by atoms with Gasteiger partial charge in [0.2, 0.25) is 0 Å². The van der Waals surface area contributed by atoms with Crippen LogP contribution in [0, 0.1) is 0 Å². The summed E-state index contributed by atoms with van der Waals surface area (Å²) >= 11 is 0. The highest BCUT2D eigenvalue weighted by atomic mass is 127. The average molecular weight is 461 g/mol. The van der Waals surface area contributed by atoms with E-state index in [0.717, 1.165) is 51.3 Å². The maximum Gasteiger partial charge on any atom is 0.190 e. The Morgan fingerprint density at radius 2 is 1.64 bits per heavy atom. The van der Waals surface area contributed by atoms with Crippen molar-refractivity contribution in [3.05, 3.63) is 35.4 Å². The van der Waals surface area contributed by atoms with Crippen LogP contribution in [0.25, 0.3) is 0 Å². The molecule has 0 fully saturated rings. The first-order chi connectivity index (χ1) is 11.7. The topological polar surface area (TPSA) is 45.7 Å². The largest absolute Gasteiger partial charge is 0.385 e. The van der Waals surface area contributed by atoms with E-state index in [-0.39, 0.29) is 24.0 Å². The fourth-order valence-corrected chi connectivity index (χ4v) is 2.54. The normalized spacial score (nSPS) is 11.3. The van der Waals surface area contributed by atoms with E-state index in [1.54, 1.807) is 7.11 Å². The molecule has 0 atom stereocenters. The number of hydrogen-bond acceptors (Lipinski definition) is 2. The summed E-state index contributed by atoms with van der Waals surface area (Å²) in [5.41, 5.74) is 2.81. The van der Waals surface area contributed by atoms with E-state index in [4.69, 9.17) is 4.74 Å². The van der Waals surface area contributed by atoms with Gasteiger partial charge in [-0.3, -0.25) is 4.99 Å². The van der Waals surface area contributed by atoms with E-state index < -0.39 is 0 Å². The Labute approximate surface area is 171 Å². The Morgan fingerprint density at radius 3 is 2.20 bits per heavy atom. The molecule has 0 saturated carbocycles. The summed E-state index contributed by atoms with van der Waals surface area (Å²) in [6.07, 6.45) is 5.66. The van der Waals surface area contributed by atoms with Gasteiger partial charge < -0.3 is 15.4 Å². The summed E-state index contributed by atoms with van der Waals surface area (Å²) in [5, 5.41) is 6.75. The molecule has 1 rings (SSSR count). The zero-order valence-electron chi connectivity index (χ0n) is 16.3. The van der Waals surface area contributed by atoms with E-state index >= 15 is 0 Å². The number of nitrogens with zero attached hydrogens (tertiary/aromatic N) is 1. The molecule has 25 heavy (non-hydrogen) atoms. The molecule has 0 saturated heterocycles. The molecule has 5 heteroatoms. The molecule has 0 unspecified atom stereocenters. The predicted octanol–water partition coefficient (Wildman–Crippen LogP) is 4.34. The number of aliphatic imine (C=N–C) groups is 1. The molecule has 144 valence electrons. The Bertz CT molecular complexity index is 461. The molecule has 0 aliphatic carbocycles. The lowest BCUT2D eigenvalue weighted by atomic mass is 10.0. The minimum atomic E-state index is 0. The SMILES string of the molecule is CN=C(NCCCCCOC)NCCCc1ccc(C(C)C)cc1.I. The number of benzene rings is 1. The third-order valence-electron chi connectivity index (χ3n) is 4.12. The van der Waals surface area contributed by atoms with Crippen molar-refractivity contribution in [2.24, 2.45) is 4.99 Å². The third-order valence-corrected chi connectivity index (χ3v) is 4.12. The van der Waals surface area contributed by atoms with Crippen LogP contribution in [0.2, 0.25) is 0 Å². The number of hydrogen-bond donors (Lipinski definition) is 2. The van der Waals surface area contributed by atoms with E-state index in [0.29, 0.717) is 5.92 Å². The van der Waals surface area contributed by atoms with Crippen molar-refractivity contribution < 1.29 is 4.74 Å². The molecular weight excluding hydrogens is 425 g/mol. The van der Waals surface area contributed by atoms with Crippen LogP contribution < -0.4 is 10.6 Å². The van der Waals surface area contributed by atoms with E-state index in [9.17, 15) is 0 Å². The molecule has 0 bridgehead atoms. The summed E-state index contributed by atoms with van der Waals surface area (Å²) in [6, 6.07) is 9.00. The molecule has 4 nitrogen and oxygen atoms in total. The monoisotopic (exact) mass is 461 g/mol. The summed E-state index contributed by atoms with van der Waals surface area (Å²) in [4.78, 5) is 4.27. The Morgan fingerprint density at radius 1 is 1.00 bits per heavy atom. The van der Waals surface area contributed by atoms with Crippen molar-refractivity contribution in [1.82, 2.24) is 10.6 Å². The Balaban J connectivity index is 0.00000576. The molecule has 1 aromatic rings. The van der Waals surface area contributed by atoms with Crippen molar-refractivity contribution >= 4 is 29.9 Å². The van der Waals surface area contributed by atoms with Gasteiger partial charge in [0.1, 0.15) is 0 Å². The first kappa shape index (κ1) is 24.2. The minimum absolute atomic E-state index is 0. The van der Waals surface area contributed by atoms with Gasteiger partial charge in [0, 0.05) is 33.9 Å². The van der Waals surface area contributed by atoms with Crippen LogP contribution in [0.4, 0.5) is 0 Å². The quantitative estimate of drug-likeness (QED) is 0.223. The van der Waals surface area contributed by atoms with E-state index in [1.807, 2.05) is 7.05 Å². The van der Waals surface area contributed by atoms with Crippen LogP contribution in [0.5, 0.6) is 0 Å². The molecule has 1 aromatic carbocycles. The van der Waals surface area contributed by atoms with Crippen molar-refractivity contribution in [2.45, 2.75) is 51.9 Å². The number of ether oxygens (including phenoxy) is 1. The van der Waals surface area contributed by atoms with E-state index in [1.165, 1.54) is 17.5 Å². The maximum absolute atomic E-state index is 5.05. The highest BCUT2D eigenvalue weighted by molar-refractivity contribution is 14.0. The summed E-state index contributed by atoms with van der Waals surface area (Å²) < 4.78 is 5.05. The molecule has 0 radical (unpaired) electrons. The molecule has 0 aliphatic heterocycles. The highest BCUT2D eigenvalue weighted by Crippen LogP contribution is 2.15. The average Bonchev–Trinajstić information content (AvgIpc) is 2.60. The summed E-state index contributed by atoms with van der Waals surface area (Å²) in [7, 11) is 3.58. The van der Waals surface area contributed by atoms with E-state index in [2.05, 4.69) is 53.7 Å². The standard InChI is InChI=1S/C20H35N3O.HI/c1-17(2)19-12-10-18(11-13-19)9-8-15-23-20(21-3)22-14-6-5-7-16-24-4;/h10-13,17H,5-9,14-16H2,1-4H3,(H2,21,22,23);1H. The zero-order chi connectivity index (χ0) is 17.6. The first-order valence-corrected chi connectivity index (χ1v) is 9.19. The molecular formula is C20H36IN3O. The molecule has 0 amide bonds. The van der Waals surface area contributed by atoms with Crippen molar-refractivity contribution in [3.8, 4) is 0 Å². The van der Waals surface area contributed by atoms with Gasteiger partial charge >= 0.3 is 0 Å². The Hall–Kier alpha value is -0.820. The lowest BCUT2D eigenvalue weighted by Gasteiger charge is -2.12. The number of halogens is 1. The lowest BCUT2D eigenvalue weighted by molar-refractivity contribution is 0.192. The smallest absolute Gasteiger partial charge is 0.190 e. The second-order valence-electron chi connectivity index (χ2n) is 6.48. The fourth-order valence-electron chi connectivity index (χ4n) is 2.54. The van der Waals surface area contributed by atoms with Crippen LogP contribution in [-0.2, 0) is 11.2 Å². The second-order valence-corrected chi connectivity index (χ2v) is 6.48. The number of guanidine groups is 1. The van der Waals surface area contributed by atoms with Gasteiger partial charge in [0.05, 0.1) is 0 Å². The van der Waals surface area contributed by atoms with Crippen molar-refractivity contribution in [3.63, 3.8) is 0 Å². The number of nitrogens with one attached hydrogen (secondary N) is 2. The van der Waals surface area contributed by atoms with Gasteiger partial charge in [-0.05, 0) is 49.1 Å². The fraction of sp³-hybridized carbons (Fsp3) is 0.650. The minimum Gasteiger partial charge on any atom is -0.385 e. The molecule has 0 aromatic heterocycles. The number of unbranched alkanes of at least 4 members (excludes halogenated alkanes) is 2. The van der Waals surface area contributed by atoms with Gasteiger partial charge in [0.25, 0.3) is 0 Å². The van der Waals surface area contributed by atoms with Crippen molar-refractivity contribution in [1.29, 1.82) is 0 Å². The second kappa shape index (κ2) is 15.4. The lowest BCUT2D eigenvalue weighted by Crippen LogP contribution is -2.38. The zero-order valence-corrected chi connectivity index (χ0v) is 18.6. The van der Waals surface area contributed by atoms with Crippen LogP contribution in [0.3, 0.4) is 0 Å². The van der Waals surface area contributed by atoms with Crippen LogP contribution in [0.15, 0.2) is 29.3 Å². The van der Waals surface area contributed by atoms with Gasteiger partial charge in [0.15, 0.2) is 5.96 Å². The number of methoxy groups -OCH3 is 1. The van der Waals surface area contributed by atoms with Gasteiger partial charge in [-0.2, -0.15) is 0 Å². The Kier molecular flexibility index (Phi) is 14.9. The molecule has 0 aliphatic rings. The summed E-state index contributed by atoms with van der Waals surface area (Å²) in [5.74, 6) is 1.50. The van der Waals surface area contributed by atoms with Gasteiger partial charge in [-0.1, -0.05) is 38.1 Å². The number of aryl methyl sites for hydroxylation is 1. The number of rotatable bonds is 11.